The second kappa shape index (κ2) is 8.72. The smallest absolute Gasteiger partial charge is 0.230 e. The third-order valence-corrected chi connectivity index (χ3v) is 5.66. The molecule has 1 N–H and O–H groups in total. The molecule has 1 saturated carbocycles. The number of carbonyl (C=O) groups excluding carboxylic acids is 1. The fourth-order valence-electron chi connectivity index (χ4n) is 3.24. The van der Waals surface area contributed by atoms with Crippen molar-refractivity contribution >= 4 is 29.3 Å². The number of carbonyl (C=O) groups is 1. The molecule has 0 radical (unpaired) electrons. The van der Waals surface area contributed by atoms with E-state index in [-0.39, 0.29) is 5.91 Å². The first-order valence-electron chi connectivity index (χ1n) is 8.69. The number of nitrogens with one attached hydrogen (secondary N) is 1. The third-order valence-electron chi connectivity index (χ3n) is 4.49. The summed E-state index contributed by atoms with van der Waals surface area (Å²) in [6.45, 7) is 2.47. The summed E-state index contributed by atoms with van der Waals surface area (Å²) >= 11 is 7.42. The van der Waals surface area contributed by atoms with Gasteiger partial charge in [0.2, 0.25) is 5.91 Å². The van der Waals surface area contributed by atoms with Gasteiger partial charge in [-0.15, -0.1) is 10.2 Å². The predicted molar refractivity (Wildman–Crippen MR) is 101 cm³/mol. The van der Waals surface area contributed by atoms with Crippen molar-refractivity contribution in [3.8, 4) is 0 Å². The molecule has 1 aliphatic rings. The molecule has 1 aromatic heterocycles. The summed E-state index contributed by atoms with van der Waals surface area (Å²) in [5, 5.41) is 12.9. The molecule has 7 heteroatoms. The zero-order chi connectivity index (χ0) is 17.6. The minimum atomic E-state index is -0.0131. The van der Waals surface area contributed by atoms with Crippen LogP contribution in [-0.2, 0) is 11.3 Å². The van der Waals surface area contributed by atoms with Crippen LogP contribution in [-0.4, -0.2) is 26.4 Å². The van der Waals surface area contributed by atoms with Crippen LogP contribution in [0.3, 0.4) is 0 Å². The van der Waals surface area contributed by atoms with Gasteiger partial charge in [-0.05, 0) is 37.5 Å². The number of halogens is 1. The molecule has 1 heterocycles. The molecule has 25 heavy (non-hydrogen) atoms. The SMILES string of the molecule is Cc1nnc(SCC(=O)NCc2cccc(Cl)c2)n1C1CCCCC1. The summed E-state index contributed by atoms with van der Waals surface area (Å²) in [6.07, 6.45) is 6.17. The highest BCUT2D eigenvalue weighted by molar-refractivity contribution is 7.99. The van der Waals surface area contributed by atoms with E-state index in [0.717, 1.165) is 16.5 Å². The van der Waals surface area contributed by atoms with Crippen molar-refractivity contribution in [3.05, 3.63) is 40.7 Å². The zero-order valence-corrected chi connectivity index (χ0v) is 15.9. The Bertz CT molecular complexity index is 728. The molecule has 3 rings (SSSR count). The van der Waals surface area contributed by atoms with Crippen LogP contribution in [0, 0.1) is 6.92 Å². The molecule has 1 fully saturated rings. The maximum absolute atomic E-state index is 12.1. The fraction of sp³-hybridized carbons (Fsp3) is 0.500. The van der Waals surface area contributed by atoms with E-state index in [2.05, 4.69) is 20.1 Å². The molecular weight excluding hydrogens is 356 g/mol. The number of aromatic nitrogens is 3. The first kappa shape index (κ1) is 18.3. The van der Waals surface area contributed by atoms with E-state index in [0.29, 0.717) is 23.4 Å². The normalized spacial score (nSPS) is 15.3. The van der Waals surface area contributed by atoms with E-state index >= 15 is 0 Å². The minimum absolute atomic E-state index is 0.0131. The molecule has 1 aromatic carbocycles. The van der Waals surface area contributed by atoms with E-state index in [1.54, 1.807) is 0 Å². The lowest BCUT2D eigenvalue weighted by molar-refractivity contribution is -0.118. The first-order chi connectivity index (χ1) is 12.1. The second-order valence-electron chi connectivity index (χ2n) is 6.39. The summed E-state index contributed by atoms with van der Waals surface area (Å²) in [6, 6.07) is 7.98. The highest BCUT2D eigenvalue weighted by Crippen LogP contribution is 2.32. The highest BCUT2D eigenvalue weighted by atomic mass is 35.5. The maximum Gasteiger partial charge on any atom is 0.230 e. The lowest BCUT2D eigenvalue weighted by atomic mass is 9.95. The van der Waals surface area contributed by atoms with Gasteiger partial charge in [0.15, 0.2) is 5.16 Å². The van der Waals surface area contributed by atoms with Crippen molar-refractivity contribution in [2.75, 3.05) is 5.75 Å². The molecule has 0 spiro atoms. The number of nitrogens with zero attached hydrogens (tertiary/aromatic N) is 3. The lowest BCUT2D eigenvalue weighted by Crippen LogP contribution is -2.25. The Kier molecular flexibility index (Phi) is 6.37. The first-order valence-corrected chi connectivity index (χ1v) is 10.1. The van der Waals surface area contributed by atoms with Crippen LogP contribution in [0.5, 0.6) is 0 Å². The number of thioether (sulfide) groups is 1. The molecule has 0 atom stereocenters. The Morgan fingerprint density at radius 2 is 2.12 bits per heavy atom. The molecule has 0 aliphatic heterocycles. The number of hydrogen-bond acceptors (Lipinski definition) is 4. The molecule has 0 saturated heterocycles. The van der Waals surface area contributed by atoms with E-state index in [1.165, 1.54) is 43.9 Å². The van der Waals surface area contributed by atoms with Crippen molar-refractivity contribution < 1.29 is 4.79 Å². The van der Waals surface area contributed by atoms with Crippen molar-refractivity contribution in [1.29, 1.82) is 0 Å². The molecule has 0 unspecified atom stereocenters. The van der Waals surface area contributed by atoms with E-state index in [1.807, 2.05) is 31.2 Å². The topological polar surface area (TPSA) is 59.8 Å². The average Bonchev–Trinajstić information content (AvgIpc) is 2.99. The van der Waals surface area contributed by atoms with E-state index in [9.17, 15) is 4.79 Å². The van der Waals surface area contributed by atoms with Gasteiger partial charge >= 0.3 is 0 Å². The van der Waals surface area contributed by atoms with Gasteiger partial charge in [-0.25, -0.2) is 0 Å². The van der Waals surface area contributed by atoms with Gasteiger partial charge in [0.25, 0.3) is 0 Å². The number of aryl methyl sites for hydroxylation is 1. The van der Waals surface area contributed by atoms with Gasteiger partial charge < -0.3 is 9.88 Å². The van der Waals surface area contributed by atoms with Crippen molar-refractivity contribution in [3.63, 3.8) is 0 Å². The van der Waals surface area contributed by atoms with Crippen LogP contribution in [0.1, 0.15) is 49.5 Å². The van der Waals surface area contributed by atoms with E-state index in [4.69, 9.17) is 11.6 Å². The van der Waals surface area contributed by atoms with Gasteiger partial charge in [0.1, 0.15) is 5.82 Å². The van der Waals surface area contributed by atoms with Gasteiger partial charge in [-0.2, -0.15) is 0 Å². The average molecular weight is 379 g/mol. The van der Waals surface area contributed by atoms with Crippen LogP contribution < -0.4 is 5.32 Å². The molecule has 134 valence electrons. The molecule has 0 bridgehead atoms. The summed E-state index contributed by atoms with van der Waals surface area (Å²) in [5.74, 6) is 1.26. The van der Waals surface area contributed by atoms with Crippen LogP contribution in [0.4, 0.5) is 0 Å². The zero-order valence-electron chi connectivity index (χ0n) is 14.4. The number of rotatable bonds is 6. The molecular formula is C18H23ClN4OS. The summed E-state index contributed by atoms with van der Waals surface area (Å²) < 4.78 is 2.22. The Morgan fingerprint density at radius 3 is 2.88 bits per heavy atom. The molecule has 5 nitrogen and oxygen atoms in total. The van der Waals surface area contributed by atoms with Crippen LogP contribution in [0.2, 0.25) is 5.02 Å². The quantitative estimate of drug-likeness (QED) is 0.767. The molecule has 1 aliphatic carbocycles. The monoisotopic (exact) mass is 378 g/mol. The van der Waals surface area contributed by atoms with E-state index < -0.39 is 0 Å². The Morgan fingerprint density at radius 1 is 1.32 bits per heavy atom. The van der Waals surface area contributed by atoms with Gasteiger partial charge in [-0.1, -0.05) is 54.8 Å². The van der Waals surface area contributed by atoms with Gasteiger partial charge in [0.05, 0.1) is 5.75 Å². The van der Waals surface area contributed by atoms with Crippen LogP contribution in [0.25, 0.3) is 0 Å². The minimum Gasteiger partial charge on any atom is -0.351 e. The summed E-state index contributed by atoms with van der Waals surface area (Å²) in [5.41, 5.74) is 0.993. The van der Waals surface area contributed by atoms with Gasteiger partial charge in [0, 0.05) is 17.6 Å². The van der Waals surface area contributed by atoms with Crippen LogP contribution >= 0.6 is 23.4 Å². The van der Waals surface area contributed by atoms with Crippen molar-refractivity contribution in [2.45, 2.75) is 56.8 Å². The summed E-state index contributed by atoms with van der Waals surface area (Å²) in [4.78, 5) is 12.1. The fourth-order valence-corrected chi connectivity index (χ4v) is 4.33. The standard InChI is InChI=1S/C18H23ClN4OS/c1-13-21-22-18(23(13)16-8-3-2-4-9-16)25-12-17(24)20-11-14-6-5-7-15(19)10-14/h5-7,10,16H,2-4,8-9,11-12H2,1H3,(H,20,24). The maximum atomic E-state index is 12.1. The number of hydrogen-bond donors (Lipinski definition) is 1. The largest absolute Gasteiger partial charge is 0.351 e. The van der Waals surface area contributed by atoms with Crippen molar-refractivity contribution in [1.82, 2.24) is 20.1 Å². The second-order valence-corrected chi connectivity index (χ2v) is 7.77. The lowest BCUT2D eigenvalue weighted by Gasteiger charge is -2.24. The number of amides is 1. The number of benzene rings is 1. The molecule has 1 amide bonds. The Labute approximate surface area is 157 Å². The summed E-state index contributed by atoms with van der Waals surface area (Å²) in [7, 11) is 0. The predicted octanol–water partition coefficient (Wildman–Crippen LogP) is 4.15. The molecule has 2 aromatic rings. The van der Waals surface area contributed by atoms with Crippen LogP contribution in [0.15, 0.2) is 29.4 Å². The third kappa shape index (κ3) is 4.98. The Hall–Kier alpha value is -1.53. The van der Waals surface area contributed by atoms with Crippen molar-refractivity contribution in [2.24, 2.45) is 0 Å². The van der Waals surface area contributed by atoms with Gasteiger partial charge in [-0.3, -0.25) is 4.79 Å². The highest BCUT2D eigenvalue weighted by Gasteiger charge is 2.21. The Balaban J connectivity index is 1.53.